The second-order valence-corrected chi connectivity index (χ2v) is 4.85. The Morgan fingerprint density at radius 3 is 2.72 bits per heavy atom. The SMILES string of the molecule is CCC1(CNc2ccc(OC)cc2[N+](=O)[O-])CC1. The summed E-state index contributed by atoms with van der Waals surface area (Å²) in [7, 11) is 1.50. The van der Waals surface area contributed by atoms with Gasteiger partial charge in [0.1, 0.15) is 11.4 Å². The molecule has 5 nitrogen and oxygen atoms in total. The summed E-state index contributed by atoms with van der Waals surface area (Å²) in [6, 6.07) is 4.90. The van der Waals surface area contributed by atoms with E-state index in [0.717, 1.165) is 13.0 Å². The highest BCUT2D eigenvalue weighted by Crippen LogP contribution is 2.48. The Labute approximate surface area is 106 Å². The van der Waals surface area contributed by atoms with Crippen molar-refractivity contribution in [3.63, 3.8) is 0 Å². The second-order valence-electron chi connectivity index (χ2n) is 4.85. The van der Waals surface area contributed by atoms with Crippen LogP contribution in [-0.4, -0.2) is 18.6 Å². The lowest BCUT2D eigenvalue weighted by Gasteiger charge is -2.14. The van der Waals surface area contributed by atoms with Crippen molar-refractivity contribution in [1.29, 1.82) is 0 Å². The van der Waals surface area contributed by atoms with Gasteiger partial charge >= 0.3 is 0 Å². The van der Waals surface area contributed by atoms with E-state index in [9.17, 15) is 10.1 Å². The second kappa shape index (κ2) is 4.84. The molecule has 18 heavy (non-hydrogen) atoms. The van der Waals surface area contributed by atoms with Crippen LogP contribution in [0.5, 0.6) is 5.75 Å². The third-order valence-corrected chi connectivity index (χ3v) is 3.76. The highest BCUT2D eigenvalue weighted by atomic mass is 16.6. The minimum absolute atomic E-state index is 0.0706. The van der Waals surface area contributed by atoms with Gasteiger partial charge in [-0.3, -0.25) is 10.1 Å². The van der Waals surface area contributed by atoms with E-state index in [0.29, 0.717) is 16.9 Å². The molecule has 0 bridgehead atoms. The molecule has 0 aromatic heterocycles. The first-order valence-corrected chi connectivity index (χ1v) is 6.16. The Morgan fingerprint density at radius 2 is 2.22 bits per heavy atom. The van der Waals surface area contributed by atoms with Crippen LogP contribution < -0.4 is 10.1 Å². The molecule has 1 aromatic rings. The number of anilines is 1. The van der Waals surface area contributed by atoms with Crippen LogP contribution in [0.2, 0.25) is 0 Å². The molecule has 0 radical (unpaired) electrons. The third-order valence-electron chi connectivity index (χ3n) is 3.76. The van der Waals surface area contributed by atoms with Crippen molar-refractivity contribution in [2.24, 2.45) is 5.41 Å². The summed E-state index contributed by atoms with van der Waals surface area (Å²) in [5.74, 6) is 0.504. The van der Waals surface area contributed by atoms with Crippen LogP contribution in [0.3, 0.4) is 0 Å². The largest absolute Gasteiger partial charge is 0.496 e. The Kier molecular flexibility index (Phi) is 3.41. The summed E-state index contributed by atoms with van der Waals surface area (Å²) in [5, 5.41) is 14.2. The molecule has 0 spiro atoms. The predicted molar refractivity (Wildman–Crippen MR) is 70.1 cm³/mol. The van der Waals surface area contributed by atoms with E-state index < -0.39 is 0 Å². The van der Waals surface area contributed by atoms with Crippen molar-refractivity contribution < 1.29 is 9.66 Å². The van der Waals surface area contributed by atoms with Crippen LogP contribution in [0.1, 0.15) is 26.2 Å². The van der Waals surface area contributed by atoms with Crippen molar-refractivity contribution >= 4 is 11.4 Å². The fourth-order valence-electron chi connectivity index (χ4n) is 2.05. The summed E-state index contributed by atoms with van der Waals surface area (Å²) >= 11 is 0. The fraction of sp³-hybridized carbons (Fsp3) is 0.538. The molecular formula is C13H18N2O3. The normalized spacial score (nSPS) is 16.1. The zero-order chi connectivity index (χ0) is 13.2. The van der Waals surface area contributed by atoms with Crippen LogP contribution in [0, 0.1) is 15.5 Å². The minimum Gasteiger partial charge on any atom is -0.496 e. The van der Waals surface area contributed by atoms with Gasteiger partial charge in [-0.25, -0.2) is 0 Å². The van der Waals surface area contributed by atoms with Gasteiger partial charge in [-0.1, -0.05) is 6.92 Å². The van der Waals surface area contributed by atoms with E-state index in [-0.39, 0.29) is 10.6 Å². The average molecular weight is 250 g/mol. The van der Waals surface area contributed by atoms with E-state index in [2.05, 4.69) is 12.2 Å². The summed E-state index contributed by atoms with van der Waals surface area (Å²) in [6.45, 7) is 2.97. The molecule has 0 atom stereocenters. The maximum absolute atomic E-state index is 11.0. The van der Waals surface area contributed by atoms with Crippen LogP contribution in [0.15, 0.2) is 18.2 Å². The molecule has 0 aliphatic heterocycles. The molecule has 0 saturated heterocycles. The van der Waals surface area contributed by atoms with Crippen LogP contribution >= 0.6 is 0 Å². The van der Waals surface area contributed by atoms with Gasteiger partial charge in [-0.05, 0) is 36.8 Å². The van der Waals surface area contributed by atoms with Crippen molar-refractivity contribution in [1.82, 2.24) is 0 Å². The molecular weight excluding hydrogens is 232 g/mol. The summed E-state index contributed by atoms with van der Waals surface area (Å²) < 4.78 is 5.01. The Balaban J connectivity index is 2.14. The smallest absolute Gasteiger partial charge is 0.296 e. The summed E-state index contributed by atoms with van der Waals surface area (Å²) in [6.07, 6.45) is 3.53. The minimum atomic E-state index is -0.379. The quantitative estimate of drug-likeness (QED) is 0.622. The molecule has 1 saturated carbocycles. The fourth-order valence-corrected chi connectivity index (χ4v) is 2.05. The van der Waals surface area contributed by atoms with E-state index in [1.54, 1.807) is 12.1 Å². The van der Waals surface area contributed by atoms with E-state index in [1.165, 1.54) is 26.0 Å². The molecule has 1 fully saturated rings. The first-order valence-electron chi connectivity index (χ1n) is 6.16. The molecule has 2 rings (SSSR count). The number of hydrogen-bond donors (Lipinski definition) is 1. The lowest BCUT2D eigenvalue weighted by atomic mass is 10.0. The predicted octanol–water partition coefficient (Wildman–Crippen LogP) is 3.21. The highest BCUT2D eigenvalue weighted by molar-refractivity contribution is 5.64. The van der Waals surface area contributed by atoms with Gasteiger partial charge in [0.2, 0.25) is 0 Å². The first-order chi connectivity index (χ1) is 8.60. The van der Waals surface area contributed by atoms with Crippen molar-refractivity contribution in [2.45, 2.75) is 26.2 Å². The van der Waals surface area contributed by atoms with Gasteiger partial charge in [0.05, 0.1) is 18.1 Å². The van der Waals surface area contributed by atoms with Gasteiger partial charge in [0.25, 0.3) is 5.69 Å². The van der Waals surface area contributed by atoms with Gasteiger partial charge in [-0.2, -0.15) is 0 Å². The van der Waals surface area contributed by atoms with Crippen molar-refractivity contribution in [3.8, 4) is 5.75 Å². The van der Waals surface area contributed by atoms with E-state index in [1.807, 2.05) is 0 Å². The van der Waals surface area contributed by atoms with Crippen LogP contribution in [-0.2, 0) is 0 Å². The van der Waals surface area contributed by atoms with Crippen LogP contribution in [0.4, 0.5) is 11.4 Å². The molecule has 0 amide bonds. The monoisotopic (exact) mass is 250 g/mol. The number of methoxy groups -OCH3 is 1. The number of hydrogen-bond acceptors (Lipinski definition) is 4. The lowest BCUT2D eigenvalue weighted by molar-refractivity contribution is -0.384. The number of nitrogens with one attached hydrogen (secondary N) is 1. The van der Waals surface area contributed by atoms with Gasteiger partial charge in [0, 0.05) is 6.54 Å². The Hall–Kier alpha value is -1.78. The molecule has 0 unspecified atom stereocenters. The standard InChI is InChI=1S/C13H18N2O3/c1-3-13(6-7-13)9-14-11-5-4-10(18-2)8-12(11)15(16)17/h4-5,8,14H,3,6-7,9H2,1-2H3. The Bertz CT molecular complexity index is 456. The molecule has 1 aliphatic rings. The van der Waals surface area contributed by atoms with E-state index >= 15 is 0 Å². The molecule has 98 valence electrons. The molecule has 1 N–H and O–H groups in total. The number of nitrogens with zero attached hydrogens (tertiary/aromatic N) is 1. The highest BCUT2D eigenvalue weighted by Gasteiger charge is 2.40. The van der Waals surface area contributed by atoms with Gasteiger partial charge in [-0.15, -0.1) is 0 Å². The number of benzene rings is 1. The van der Waals surface area contributed by atoms with Gasteiger partial charge < -0.3 is 10.1 Å². The topological polar surface area (TPSA) is 64.4 Å². The van der Waals surface area contributed by atoms with Gasteiger partial charge in [0.15, 0.2) is 0 Å². The average Bonchev–Trinajstić information content (AvgIpc) is 3.16. The zero-order valence-corrected chi connectivity index (χ0v) is 10.7. The third kappa shape index (κ3) is 2.55. The zero-order valence-electron chi connectivity index (χ0n) is 10.7. The Morgan fingerprint density at radius 1 is 1.50 bits per heavy atom. The number of nitro benzene ring substituents is 1. The lowest BCUT2D eigenvalue weighted by Crippen LogP contribution is -2.15. The maximum atomic E-state index is 11.0. The number of ether oxygens (including phenoxy) is 1. The number of nitro groups is 1. The molecule has 1 aliphatic carbocycles. The first kappa shape index (κ1) is 12.7. The summed E-state index contributed by atoms with van der Waals surface area (Å²) in [5.41, 5.74) is 0.995. The van der Waals surface area contributed by atoms with Crippen molar-refractivity contribution in [2.75, 3.05) is 19.0 Å². The number of rotatable bonds is 6. The molecule has 5 heteroatoms. The summed E-state index contributed by atoms with van der Waals surface area (Å²) in [4.78, 5) is 10.6. The molecule has 0 heterocycles. The van der Waals surface area contributed by atoms with Crippen LogP contribution in [0.25, 0.3) is 0 Å². The maximum Gasteiger partial charge on any atom is 0.296 e. The molecule has 1 aromatic carbocycles. The van der Waals surface area contributed by atoms with E-state index in [4.69, 9.17) is 4.74 Å². The van der Waals surface area contributed by atoms with Crippen molar-refractivity contribution in [3.05, 3.63) is 28.3 Å².